The molecule has 0 radical (unpaired) electrons. The van der Waals surface area contributed by atoms with E-state index >= 15 is 0 Å². The number of rotatable bonds is 8. The molecule has 136 valence electrons. The Morgan fingerprint density at radius 3 is 2.75 bits per heavy atom. The molecule has 0 unspecified atom stereocenters. The Bertz CT molecular complexity index is 523. The predicted molar refractivity (Wildman–Crippen MR) is 109 cm³/mol. The number of hydrogen-bond acceptors (Lipinski definition) is 4. The molecule has 1 aliphatic rings. The van der Waals surface area contributed by atoms with Crippen molar-refractivity contribution >= 4 is 29.9 Å². The molecule has 0 aromatic heterocycles. The smallest absolute Gasteiger partial charge is 0.231 e. The molecule has 1 heterocycles. The normalized spacial score (nSPS) is 12.9. The molecule has 0 spiro atoms. The molecule has 0 fully saturated rings. The molecule has 0 saturated carbocycles. The van der Waals surface area contributed by atoms with Crippen LogP contribution in [-0.2, 0) is 6.42 Å². The Kier molecular flexibility index (Phi) is 9.85. The van der Waals surface area contributed by atoms with E-state index in [1.54, 1.807) is 0 Å². The summed E-state index contributed by atoms with van der Waals surface area (Å²) in [6, 6.07) is 6.10. The van der Waals surface area contributed by atoms with Gasteiger partial charge in [0.05, 0.1) is 0 Å². The molecule has 2 N–H and O–H groups in total. The molecule has 0 amide bonds. The first kappa shape index (κ1) is 20.8. The van der Waals surface area contributed by atoms with Gasteiger partial charge in [0.15, 0.2) is 17.5 Å². The van der Waals surface area contributed by atoms with E-state index in [0.29, 0.717) is 6.79 Å². The van der Waals surface area contributed by atoms with Crippen molar-refractivity contribution in [2.24, 2.45) is 4.99 Å². The average Bonchev–Trinajstić information content (AvgIpc) is 2.99. The highest BCUT2D eigenvalue weighted by molar-refractivity contribution is 14.0. The second-order valence-corrected chi connectivity index (χ2v) is 5.78. The van der Waals surface area contributed by atoms with Gasteiger partial charge in [0.1, 0.15) is 0 Å². The molecule has 0 atom stereocenters. The van der Waals surface area contributed by atoms with Crippen LogP contribution in [0.4, 0.5) is 0 Å². The number of hydrogen-bond donors (Lipinski definition) is 2. The van der Waals surface area contributed by atoms with Crippen LogP contribution < -0.4 is 20.1 Å². The minimum atomic E-state index is 0. The maximum atomic E-state index is 5.41. The van der Waals surface area contributed by atoms with Gasteiger partial charge >= 0.3 is 0 Å². The van der Waals surface area contributed by atoms with Crippen molar-refractivity contribution in [2.75, 3.05) is 47.1 Å². The fraction of sp³-hybridized carbons (Fsp3) is 0.588. The fourth-order valence-corrected chi connectivity index (χ4v) is 2.34. The lowest BCUT2D eigenvalue weighted by Crippen LogP contribution is -2.38. The molecular formula is C17H29IN4O2. The molecule has 2 rings (SSSR count). The molecule has 0 aliphatic carbocycles. The third kappa shape index (κ3) is 7.12. The van der Waals surface area contributed by atoms with Gasteiger partial charge in [0.2, 0.25) is 6.79 Å². The summed E-state index contributed by atoms with van der Waals surface area (Å²) < 4.78 is 10.7. The third-order valence-corrected chi connectivity index (χ3v) is 3.52. The SMILES string of the molecule is CCNC(=NCCCN(C)C)NCCc1ccc2c(c1)OCO2.I. The van der Waals surface area contributed by atoms with Crippen LogP contribution in [0, 0.1) is 0 Å². The highest BCUT2D eigenvalue weighted by atomic mass is 127. The van der Waals surface area contributed by atoms with Crippen molar-refractivity contribution in [1.29, 1.82) is 0 Å². The number of fused-ring (bicyclic) bond motifs is 1. The quantitative estimate of drug-likeness (QED) is 0.276. The Labute approximate surface area is 162 Å². The van der Waals surface area contributed by atoms with E-state index in [4.69, 9.17) is 9.47 Å². The first-order valence-corrected chi connectivity index (χ1v) is 8.24. The van der Waals surface area contributed by atoms with Gasteiger partial charge < -0.3 is 25.0 Å². The fourth-order valence-electron chi connectivity index (χ4n) is 2.34. The van der Waals surface area contributed by atoms with E-state index in [1.165, 1.54) is 5.56 Å². The number of nitrogens with one attached hydrogen (secondary N) is 2. The third-order valence-electron chi connectivity index (χ3n) is 3.52. The zero-order valence-corrected chi connectivity index (χ0v) is 17.1. The lowest BCUT2D eigenvalue weighted by atomic mass is 10.1. The lowest BCUT2D eigenvalue weighted by molar-refractivity contribution is 0.174. The second-order valence-electron chi connectivity index (χ2n) is 5.78. The molecule has 6 nitrogen and oxygen atoms in total. The summed E-state index contributed by atoms with van der Waals surface area (Å²) in [6.45, 7) is 5.98. The summed E-state index contributed by atoms with van der Waals surface area (Å²) >= 11 is 0. The van der Waals surface area contributed by atoms with Crippen molar-refractivity contribution in [3.63, 3.8) is 0 Å². The maximum absolute atomic E-state index is 5.41. The number of halogens is 1. The molecule has 7 heteroatoms. The van der Waals surface area contributed by atoms with Crippen LogP contribution in [-0.4, -0.2) is 57.9 Å². The minimum absolute atomic E-state index is 0. The van der Waals surface area contributed by atoms with Crippen LogP contribution in [0.25, 0.3) is 0 Å². The van der Waals surface area contributed by atoms with Crippen molar-refractivity contribution < 1.29 is 9.47 Å². The summed E-state index contributed by atoms with van der Waals surface area (Å²) in [5.41, 5.74) is 1.23. The minimum Gasteiger partial charge on any atom is -0.454 e. The van der Waals surface area contributed by atoms with Gasteiger partial charge in [-0.2, -0.15) is 0 Å². The van der Waals surface area contributed by atoms with Crippen LogP contribution in [0.5, 0.6) is 11.5 Å². The van der Waals surface area contributed by atoms with E-state index in [0.717, 1.165) is 56.5 Å². The Morgan fingerprint density at radius 2 is 2.00 bits per heavy atom. The summed E-state index contributed by atoms with van der Waals surface area (Å²) in [7, 11) is 4.16. The Hall–Kier alpha value is -1.22. The monoisotopic (exact) mass is 448 g/mol. The second kappa shape index (κ2) is 11.4. The number of nitrogens with zero attached hydrogens (tertiary/aromatic N) is 2. The van der Waals surface area contributed by atoms with E-state index < -0.39 is 0 Å². The van der Waals surface area contributed by atoms with Crippen LogP contribution in [0.2, 0.25) is 0 Å². The van der Waals surface area contributed by atoms with Gasteiger partial charge in [-0.25, -0.2) is 0 Å². The van der Waals surface area contributed by atoms with Crippen molar-refractivity contribution in [2.45, 2.75) is 19.8 Å². The number of ether oxygens (including phenoxy) is 2. The molecule has 24 heavy (non-hydrogen) atoms. The summed E-state index contributed by atoms with van der Waals surface area (Å²) in [5, 5.41) is 6.66. The molecular weight excluding hydrogens is 419 g/mol. The Balaban J connectivity index is 0.00000288. The predicted octanol–water partition coefficient (Wildman–Crippen LogP) is 2.08. The molecule has 0 saturated heterocycles. The van der Waals surface area contributed by atoms with Gasteiger partial charge in [-0.1, -0.05) is 6.07 Å². The number of benzene rings is 1. The highest BCUT2D eigenvalue weighted by Gasteiger charge is 2.12. The first-order chi connectivity index (χ1) is 11.2. The zero-order chi connectivity index (χ0) is 16.5. The van der Waals surface area contributed by atoms with Gasteiger partial charge in [-0.15, -0.1) is 24.0 Å². The van der Waals surface area contributed by atoms with Crippen LogP contribution >= 0.6 is 24.0 Å². The lowest BCUT2D eigenvalue weighted by Gasteiger charge is -2.12. The summed E-state index contributed by atoms with van der Waals surface area (Å²) in [6.07, 6.45) is 1.98. The van der Waals surface area contributed by atoms with Gasteiger partial charge in [-0.3, -0.25) is 4.99 Å². The van der Waals surface area contributed by atoms with Crippen molar-refractivity contribution in [1.82, 2.24) is 15.5 Å². The summed E-state index contributed by atoms with van der Waals surface area (Å²) in [5.74, 6) is 2.55. The van der Waals surface area contributed by atoms with E-state index in [-0.39, 0.29) is 24.0 Å². The molecule has 1 aromatic carbocycles. The average molecular weight is 448 g/mol. The molecule has 1 aromatic rings. The molecule has 0 bridgehead atoms. The maximum Gasteiger partial charge on any atom is 0.231 e. The number of guanidine groups is 1. The van der Waals surface area contributed by atoms with Gasteiger partial charge in [0, 0.05) is 19.6 Å². The van der Waals surface area contributed by atoms with E-state index in [9.17, 15) is 0 Å². The van der Waals surface area contributed by atoms with Crippen LogP contribution in [0.15, 0.2) is 23.2 Å². The Morgan fingerprint density at radius 1 is 1.21 bits per heavy atom. The largest absolute Gasteiger partial charge is 0.454 e. The van der Waals surface area contributed by atoms with Crippen molar-refractivity contribution in [3.05, 3.63) is 23.8 Å². The number of aliphatic imine (C=N–C) groups is 1. The van der Waals surface area contributed by atoms with Crippen LogP contribution in [0.3, 0.4) is 0 Å². The summed E-state index contributed by atoms with van der Waals surface area (Å²) in [4.78, 5) is 6.77. The van der Waals surface area contributed by atoms with Gasteiger partial charge in [0.25, 0.3) is 0 Å². The van der Waals surface area contributed by atoms with Crippen LogP contribution in [0.1, 0.15) is 18.9 Å². The first-order valence-electron chi connectivity index (χ1n) is 8.24. The van der Waals surface area contributed by atoms with Crippen molar-refractivity contribution in [3.8, 4) is 11.5 Å². The molecule has 1 aliphatic heterocycles. The highest BCUT2D eigenvalue weighted by Crippen LogP contribution is 2.32. The standard InChI is InChI=1S/C17H28N4O2.HI/c1-4-18-17(19-9-5-11-21(2)3)20-10-8-14-6-7-15-16(12-14)23-13-22-15;/h6-7,12H,4-5,8-11,13H2,1-3H3,(H2,18,19,20);1H. The topological polar surface area (TPSA) is 58.1 Å². The van der Waals surface area contributed by atoms with Gasteiger partial charge in [-0.05, 0) is 58.1 Å². The van der Waals surface area contributed by atoms with E-state index in [2.05, 4.69) is 47.6 Å². The van der Waals surface area contributed by atoms with E-state index in [1.807, 2.05) is 12.1 Å². The zero-order valence-electron chi connectivity index (χ0n) is 14.8.